The highest BCUT2D eigenvalue weighted by molar-refractivity contribution is 7.39. The van der Waals surface area contributed by atoms with E-state index >= 15 is 0 Å². The van der Waals surface area contributed by atoms with Crippen LogP contribution in [0.15, 0.2) is 115 Å². The summed E-state index contributed by atoms with van der Waals surface area (Å²) in [7, 11) is -5.90. The van der Waals surface area contributed by atoms with Crippen molar-refractivity contribution in [2.45, 2.75) is 65.0 Å². The van der Waals surface area contributed by atoms with Gasteiger partial charge in [0.2, 0.25) is 0 Å². The summed E-state index contributed by atoms with van der Waals surface area (Å²) >= 11 is 0. The Balaban J connectivity index is 1.44. The first kappa shape index (κ1) is 39.6. The summed E-state index contributed by atoms with van der Waals surface area (Å²) in [6.07, 6.45) is -1.27. The highest BCUT2D eigenvalue weighted by Crippen LogP contribution is 2.39. The number of nitrogens with zero attached hydrogens (tertiary/aromatic N) is 1. The van der Waals surface area contributed by atoms with Crippen LogP contribution in [0.5, 0.6) is 0 Å². The first-order valence-electron chi connectivity index (χ1n) is 17.8. The van der Waals surface area contributed by atoms with Crippen LogP contribution in [0.4, 0.5) is 4.39 Å². The van der Waals surface area contributed by atoms with E-state index in [1.54, 1.807) is 12.1 Å². The second-order valence-corrected chi connectivity index (χ2v) is 20.2. The maximum Gasteiger partial charge on any atom is 0.305 e. The summed E-state index contributed by atoms with van der Waals surface area (Å²) in [4.78, 5) is 17.2. The number of benzene rings is 4. The number of carboxylic acids is 1. The normalized spacial score (nSPS) is 12.9. The Morgan fingerprint density at radius 3 is 2.02 bits per heavy atom. The molecule has 1 unspecified atom stereocenters. The molecule has 0 aliphatic rings. The molecule has 5 aromatic rings. The minimum absolute atomic E-state index is 0.0120. The van der Waals surface area contributed by atoms with Gasteiger partial charge in [0.25, 0.3) is 8.32 Å². The van der Waals surface area contributed by atoms with E-state index in [-0.39, 0.29) is 30.9 Å². The molecule has 0 bridgehead atoms. The zero-order valence-corrected chi connectivity index (χ0v) is 33.2. The van der Waals surface area contributed by atoms with E-state index in [1.807, 2.05) is 112 Å². The standard InChI is InChI=1S/C44H47FNO5PSi/c1-31(2)43-39(40(33-23-25-34(45)26-24-33)29-41(46-43)38-21-14-13-16-32(38)3)22-15-27-50-52(49)30-35(28-42(47)48)51-53(44(4,5)6,36-17-9-7-10-18-36)37-19-11-8-12-20-37/h7-14,16-21,23-26,29,31,35,52H,27-28,30H2,1-6H3,(H,47,48)/t35-/m0/s1. The number of rotatable bonds is 13. The maximum atomic E-state index is 14.0. The largest absolute Gasteiger partial charge is 0.481 e. The van der Waals surface area contributed by atoms with Gasteiger partial charge in [-0.25, -0.2) is 4.39 Å². The van der Waals surface area contributed by atoms with Crippen LogP contribution in [0.2, 0.25) is 5.04 Å². The first-order chi connectivity index (χ1) is 25.3. The van der Waals surface area contributed by atoms with E-state index in [4.69, 9.17) is 13.9 Å². The number of carboxylic acid groups (broad SMARTS) is 1. The summed E-state index contributed by atoms with van der Waals surface area (Å²) in [5.41, 5.74) is 5.94. The van der Waals surface area contributed by atoms with Crippen molar-refractivity contribution in [1.29, 1.82) is 0 Å². The smallest absolute Gasteiger partial charge is 0.305 e. The van der Waals surface area contributed by atoms with Crippen LogP contribution in [0.25, 0.3) is 22.4 Å². The molecule has 0 fully saturated rings. The lowest BCUT2D eigenvalue weighted by Gasteiger charge is -2.45. The van der Waals surface area contributed by atoms with Crippen molar-refractivity contribution >= 4 is 32.7 Å². The molecular weight excluding hydrogens is 701 g/mol. The molecule has 53 heavy (non-hydrogen) atoms. The molecule has 0 saturated heterocycles. The molecule has 0 aliphatic heterocycles. The van der Waals surface area contributed by atoms with Gasteiger partial charge in [0.15, 0.2) is 8.03 Å². The molecule has 6 nitrogen and oxygen atoms in total. The van der Waals surface area contributed by atoms with E-state index in [0.29, 0.717) is 5.56 Å². The number of hydrogen-bond donors (Lipinski definition) is 1. The topological polar surface area (TPSA) is 85.7 Å². The van der Waals surface area contributed by atoms with Gasteiger partial charge in [-0.3, -0.25) is 14.3 Å². The maximum absolute atomic E-state index is 14.0. The fourth-order valence-corrected chi connectivity index (χ4v) is 12.5. The molecule has 0 spiro atoms. The zero-order chi connectivity index (χ0) is 38.2. The Morgan fingerprint density at radius 2 is 1.47 bits per heavy atom. The summed E-state index contributed by atoms with van der Waals surface area (Å²) in [6, 6.07) is 36.2. The number of hydrogen-bond acceptors (Lipinski definition) is 5. The quantitative estimate of drug-likeness (QED) is 0.0735. The fourth-order valence-electron chi connectivity index (χ4n) is 6.75. The van der Waals surface area contributed by atoms with Crippen LogP contribution >= 0.6 is 8.03 Å². The lowest BCUT2D eigenvalue weighted by molar-refractivity contribution is -0.138. The SMILES string of the molecule is Cc1ccccc1-c1cc(-c2ccc(F)cc2)c(C#CCO[PH](=O)C[C@H](CC(=O)O)O[Si](c2ccccc2)(c2ccccc2)C(C)(C)C)c(C(C)C)n1. The van der Waals surface area contributed by atoms with E-state index in [2.05, 4.69) is 32.6 Å². The average Bonchev–Trinajstić information content (AvgIpc) is 3.12. The fraction of sp³-hybridized carbons (Fsp3) is 0.273. The summed E-state index contributed by atoms with van der Waals surface area (Å²) in [5, 5.41) is 11.6. The van der Waals surface area contributed by atoms with Crippen LogP contribution in [-0.2, 0) is 18.3 Å². The van der Waals surface area contributed by atoms with Gasteiger partial charge in [0.1, 0.15) is 12.4 Å². The van der Waals surface area contributed by atoms with Crippen LogP contribution in [0, 0.1) is 24.6 Å². The van der Waals surface area contributed by atoms with Crippen LogP contribution in [0.3, 0.4) is 0 Å². The minimum Gasteiger partial charge on any atom is -0.481 e. The summed E-state index contributed by atoms with van der Waals surface area (Å²) in [5.74, 6) is 4.92. The van der Waals surface area contributed by atoms with Gasteiger partial charge in [-0.15, -0.1) is 0 Å². The number of aliphatic carboxylic acids is 1. The summed E-state index contributed by atoms with van der Waals surface area (Å²) < 4.78 is 40.4. The molecule has 0 aliphatic carbocycles. The van der Waals surface area contributed by atoms with Crippen LogP contribution < -0.4 is 10.4 Å². The highest BCUT2D eigenvalue weighted by atomic mass is 31.1. The molecule has 274 valence electrons. The van der Waals surface area contributed by atoms with Crippen molar-refractivity contribution in [3.63, 3.8) is 0 Å². The molecule has 1 N–H and O–H groups in total. The van der Waals surface area contributed by atoms with E-state index < -0.39 is 33.5 Å². The number of carbonyl (C=O) groups is 1. The van der Waals surface area contributed by atoms with Gasteiger partial charge in [-0.2, -0.15) is 0 Å². The van der Waals surface area contributed by atoms with E-state index in [0.717, 1.165) is 44.0 Å². The highest BCUT2D eigenvalue weighted by Gasteiger charge is 2.51. The number of aryl methyl sites for hydroxylation is 1. The first-order valence-corrected chi connectivity index (χ1v) is 21.3. The van der Waals surface area contributed by atoms with Crippen molar-refractivity contribution in [3.8, 4) is 34.2 Å². The molecule has 5 rings (SSSR count). The van der Waals surface area contributed by atoms with Gasteiger partial charge in [-0.05, 0) is 57.6 Å². The number of halogens is 1. The molecule has 0 amide bonds. The van der Waals surface area contributed by atoms with Crippen molar-refractivity contribution in [2.24, 2.45) is 0 Å². The number of aromatic nitrogens is 1. The van der Waals surface area contributed by atoms with Crippen LogP contribution in [-0.4, -0.2) is 43.2 Å². The van der Waals surface area contributed by atoms with Gasteiger partial charge in [0, 0.05) is 17.3 Å². The minimum atomic E-state index is -3.12. The average molecular weight is 748 g/mol. The molecule has 1 aromatic heterocycles. The van der Waals surface area contributed by atoms with Crippen molar-refractivity contribution in [1.82, 2.24) is 4.98 Å². The van der Waals surface area contributed by atoms with Crippen LogP contribution in [0.1, 0.15) is 63.8 Å². The molecule has 4 aromatic carbocycles. The second-order valence-electron chi connectivity index (χ2n) is 14.5. The second kappa shape index (κ2) is 17.5. The zero-order valence-electron chi connectivity index (χ0n) is 31.2. The van der Waals surface area contributed by atoms with Gasteiger partial charge in [0.05, 0.1) is 29.5 Å². The summed E-state index contributed by atoms with van der Waals surface area (Å²) in [6.45, 7) is 12.3. The molecule has 2 atom stereocenters. The van der Waals surface area contributed by atoms with Gasteiger partial charge < -0.3 is 14.1 Å². The van der Waals surface area contributed by atoms with Crippen molar-refractivity contribution < 1.29 is 27.8 Å². The molecular formula is C44H47FNO5PSi. The van der Waals surface area contributed by atoms with Gasteiger partial charge >= 0.3 is 5.97 Å². The third-order valence-electron chi connectivity index (χ3n) is 9.25. The van der Waals surface area contributed by atoms with E-state index in [1.165, 1.54) is 12.1 Å². The third-order valence-corrected chi connectivity index (χ3v) is 15.6. The monoisotopic (exact) mass is 747 g/mol. The molecule has 0 radical (unpaired) electrons. The lowest BCUT2D eigenvalue weighted by Crippen LogP contribution is -2.68. The third kappa shape index (κ3) is 9.48. The lowest BCUT2D eigenvalue weighted by atomic mass is 9.92. The van der Waals surface area contributed by atoms with E-state index in [9.17, 15) is 18.9 Å². The molecule has 9 heteroatoms. The Bertz CT molecular complexity index is 2070. The predicted octanol–water partition coefficient (Wildman–Crippen LogP) is 9.25. The Labute approximate surface area is 314 Å². The van der Waals surface area contributed by atoms with Crippen molar-refractivity contribution in [2.75, 3.05) is 12.8 Å². The predicted molar refractivity (Wildman–Crippen MR) is 215 cm³/mol. The van der Waals surface area contributed by atoms with Crippen molar-refractivity contribution in [3.05, 3.63) is 138 Å². The number of pyridine rings is 1. The Hall–Kier alpha value is -4.64. The molecule has 1 heterocycles. The molecule has 0 saturated carbocycles. The Kier molecular flexibility index (Phi) is 13.0. The van der Waals surface area contributed by atoms with Gasteiger partial charge in [-0.1, -0.05) is 144 Å². The Morgan fingerprint density at radius 1 is 0.887 bits per heavy atom.